The molecule has 3 N–H and O–H groups in total. The highest BCUT2D eigenvalue weighted by molar-refractivity contribution is 7.11. The molecule has 2 bridgehead atoms. The number of aromatic nitrogens is 1. The van der Waals surface area contributed by atoms with Crippen molar-refractivity contribution in [3.8, 4) is 5.88 Å². The lowest BCUT2D eigenvalue weighted by molar-refractivity contribution is 0.0693. The van der Waals surface area contributed by atoms with Crippen LogP contribution in [-0.2, 0) is 6.61 Å². The number of benzene rings is 1. The molecule has 184 valence electrons. The smallest absolute Gasteiger partial charge is 0.344 e. The van der Waals surface area contributed by atoms with Gasteiger partial charge in [-0.1, -0.05) is 0 Å². The summed E-state index contributed by atoms with van der Waals surface area (Å²) in [5, 5.41) is 14.7. The lowest BCUT2D eigenvalue weighted by atomic mass is 10.1. The van der Waals surface area contributed by atoms with Crippen LogP contribution in [0.3, 0.4) is 0 Å². The number of hydrogen-bond acceptors (Lipinski definition) is 7. The van der Waals surface area contributed by atoms with Crippen molar-refractivity contribution >= 4 is 28.5 Å². The predicted molar refractivity (Wildman–Crippen MR) is 123 cm³/mol. The number of piperazine rings is 1. The van der Waals surface area contributed by atoms with Gasteiger partial charge >= 0.3 is 12.0 Å². The van der Waals surface area contributed by atoms with Gasteiger partial charge in [0.25, 0.3) is 0 Å². The number of carbonyl (C=O) groups excluding carboxylic acids is 1. The first-order chi connectivity index (χ1) is 16.2. The standard InChI is InChI=1S/C22H27F2N5O4S/c1-12-6-16(23)15(17(24)7-12)11-33-19-18(21(30)31)20(34-27-19)26-22(32)25-4-3-5-29-10-13-8-14(29)9-28(13)2/h6-7,13-14H,3-5,8-11H2,1-2H3,(H,30,31)(H2,25,26,32). The molecular formula is C22H27F2N5O4S. The van der Waals surface area contributed by atoms with E-state index < -0.39 is 30.2 Å². The molecule has 2 aromatic rings. The van der Waals surface area contributed by atoms with Crippen LogP contribution in [0.5, 0.6) is 5.88 Å². The van der Waals surface area contributed by atoms with Crippen LogP contribution >= 0.6 is 11.5 Å². The zero-order valence-electron chi connectivity index (χ0n) is 18.9. The van der Waals surface area contributed by atoms with Crippen molar-refractivity contribution in [2.45, 2.75) is 38.5 Å². The van der Waals surface area contributed by atoms with Gasteiger partial charge in [-0.15, -0.1) is 0 Å². The number of likely N-dealkylation sites (tertiary alicyclic amines) is 2. The van der Waals surface area contributed by atoms with Crippen molar-refractivity contribution in [3.05, 3.63) is 40.5 Å². The number of carbonyl (C=O) groups is 2. The number of urea groups is 1. The largest absolute Gasteiger partial charge is 0.477 e. The van der Waals surface area contributed by atoms with E-state index in [0.717, 1.165) is 49.7 Å². The molecule has 0 spiro atoms. The Hall–Kier alpha value is -2.83. The Balaban J connectivity index is 1.28. The molecule has 2 amide bonds. The molecule has 2 aliphatic rings. The van der Waals surface area contributed by atoms with E-state index in [1.807, 2.05) is 0 Å². The summed E-state index contributed by atoms with van der Waals surface area (Å²) >= 11 is 0.719. The van der Waals surface area contributed by atoms with Crippen LogP contribution in [0.4, 0.5) is 18.6 Å². The number of carboxylic acid groups (broad SMARTS) is 1. The van der Waals surface area contributed by atoms with E-state index in [4.69, 9.17) is 4.74 Å². The number of nitrogens with zero attached hydrogens (tertiary/aromatic N) is 3. The van der Waals surface area contributed by atoms with Crippen molar-refractivity contribution in [2.75, 3.05) is 38.5 Å². The summed E-state index contributed by atoms with van der Waals surface area (Å²) in [7, 11) is 2.15. The monoisotopic (exact) mass is 495 g/mol. The lowest BCUT2D eigenvalue weighted by Crippen LogP contribution is -2.45. The van der Waals surface area contributed by atoms with Gasteiger partial charge < -0.3 is 20.1 Å². The molecule has 2 saturated heterocycles. The highest BCUT2D eigenvalue weighted by Gasteiger charge is 2.40. The Bertz CT molecular complexity index is 1060. The molecule has 3 heterocycles. The van der Waals surface area contributed by atoms with Gasteiger partial charge in [0.05, 0.1) is 5.56 Å². The first-order valence-corrected chi connectivity index (χ1v) is 11.8. The minimum Gasteiger partial charge on any atom is -0.477 e. The second kappa shape index (κ2) is 10.2. The molecule has 12 heteroatoms. The number of aryl methyl sites for hydroxylation is 1. The van der Waals surface area contributed by atoms with Gasteiger partial charge in [-0.05, 0) is 56.0 Å². The minimum absolute atomic E-state index is 0.0234. The van der Waals surface area contributed by atoms with Crippen molar-refractivity contribution < 1.29 is 28.2 Å². The average Bonchev–Trinajstić information content (AvgIpc) is 3.44. The number of likely N-dealkylation sites (N-methyl/N-ethyl adjacent to an activating group) is 1. The molecule has 0 aliphatic carbocycles. The van der Waals surface area contributed by atoms with Crippen LogP contribution in [0.2, 0.25) is 0 Å². The predicted octanol–water partition coefficient (Wildman–Crippen LogP) is 2.91. The normalized spacial score (nSPS) is 20.0. The highest BCUT2D eigenvalue weighted by Crippen LogP contribution is 2.32. The van der Waals surface area contributed by atoms with Crippen molar-refractivity contribution in [2.24, 2.45) is 0 Å². The number of fused-ring (bicyclic) bond motifs is 2. The number of aromatic carboxylic acids is 1. The van der Waals surface area contributed by atoms with E-state index >= 15 is 0 Å². The molecule has 34 heavy (non-hydrogen) atoms. The molecule has 0 radical (unpaired) electrons. The molecule has 2 fully saturated rings. The molecule has 2 atom stereocenters. The SMILES string of the molecule is Cc1cc(F)c(COc2nsc(NC(=O)NCCCN3CC4CC3CN4C)c2C(=O)O)c(F)c1. The molecule has 4 rings (SSSR count). The lowest BCUT2D eigenvalue weighted by Gasteiger charge is -2.31. The van der Waals surface area contributed by atoms with E-state index in [0.29, 0.717) is 24.2 Å². The van der Waals surface area contributed by atoms with Gasteiger partial charge in [-0.25, -0.2) is 18.4 Å². The first kappa shape index (κ1) is 24.3. The number of carboxylic acids is 1. The number of halogens is 2. The summed E-state index contributed by atoms with van der Waals surface area (Å²) in [6.45, 7) is 4.47. The van der Waals surface area contributed by atoms with Gasteiger partial charge in [0, 0.05) is 38.3 Å². The van der Waals surface area contributed by atoms with Gasteiger partial charge in [0.1, 0.15) is 23.2 Å². The van der Waals surface area contributed by atoms with Gasteiger partial charge in [0.2, 0.25) is 5.88 Å². The fourth-order valence-corrected chi connectivity index (χ4v) is 5.23. The Morgan fingerprint density at radius 2 is 2.00 bits per heavy atom. The number of anilines is 1. The molecule has 1 aromatic heterocycles. The van der Waals surface area contributed by atoms with E-state index in [1.165, 1.54) is 6.42 Å². The topological polar surface area (TPSA) is 107 Å². The Labute approximate surface area is 199 Å². The molecular weight excluding hydrogens is 468 g/mol. The van der Waals surface area contributed by atoms with Crippen molar-refractivity contribution in [3.63, 3.8) is 0 Å². The molecule has 2 aliphatic heterocycles. The number of hydrogen-bond donors (Lipinski definition) is 3. The molecule has 9 nitrogen and oxygen atoms in total. The number of ether oxygens (including phenoxy) is 1. The third kappa shape index (κ3) is 5.29. The summed E-state index contributed by atoms with van der Waals surface area (Å²) < 4.78 is 37.3. The summed E-state index contributed by atoms with van der Waals surface area (Å²) in [4.78, 5) is 28.8. The van der Waals surface area contributed by atoms with Crippen LogP contribution in [0, 0.1) is 18.6 Å². The Morgan fingerprint density at radius 3 is 2.62 bits per heavy atom. The fourth-order valence-electron chi connectivity index (χ4n) is 4.51. The molecule has 0 saturated carbocycles. The third-order valence-corrected chi connectivity index (χ3v) is 7.02. The number of nitrogens with one attached hydrogen (secondary N) is 2. The summed E-state index contributed by atoms with van der Waals surface area (Å²) in [6.07, 6.45) is 1.97. The Kier molecular flexibility index (Phi) is 7.29. The maximum absolute atomic E-state index is 14.0. The number of amides is 2. The highest BCUT2D eigenvalue weighted by atomic mass is 32.1. The maximum atomic E-state index is 14.0. The van der Waals surface area contributed by atoms with Crippen LogP contribution < -0.4 is 15.4 Å². The zero-order valence-corrected chi connectivity index (χ0v) is 19.8. The Morgan fingerprint density at radius 1 is 1.26 bits per heavy atom. The summed E-state index contributed by atoms with van der Waals surface area (Å²) in [5.41, 5.74) is -0.290. The van der Waals surface area contributed by atoms with Gasteiger partial charge in [0.15, 0.2) is 5.56 Å². The van der Waals surface area contributed by atoms with E-state index in [2.05, 4.69) is 31.9 Å². The average molecular weight is 496 g/mol. The van der Waals surface area contributed by atoms with Gasteiger partial charge in [-0.3, -0.25) is 10.2 Å². The summed E-state index contributed by atoms with van der Waals surface area (Å²) in [5.74, 6) is -3.29. The second-order valence-electron chi connectivity index (χ2n) is 8.71. The second-order valence-corrected chi connectivity index (χ2v) is 9.48. The van der Waals surface area contributed by atoms with E-state index in [-0.39, 0.29) is 22.0 Å². The molecule has 2 unspecified atom stereocenters. The molecule has 1 aromatic carbocycles. The fraction of sp³-hybridized carbons (Fsp3) is 0.500. The summed E-state index contributed by atoms with van der Waals surface area (Å²) in [6, 6.07) is 2.96. The van der Waals surface area contributed by atoms with E-state index in [9.17, 15) is 23.5 Å². The van der Waals surface area contributed by atoms with Crippen LogP contribution in [0.1, 0.15) is 34.3 Å². The van der Waals surface area contributed by atoms with Crippen LogP contribution in [0.25, 0.3) is 0 Å². The van der Waals surface area contributed by atoms with E-state index in [1.54, 1.807) is 6.92 Å². The quantitative estimate of drug-likeness (QED) is 0.459. The number of rotatable bonds is 9. The van der Waals surface area contributed by atoms with Crippen LogP contribution in [-0.4, -0.2) is 76.6 Å². The third-order valence-electron chi connectivity index (χ3n) is 6.28. The zero-order chi connectivity index (χ0) is 24.4. The van der Waals surface area contributed by atoms with Crippen molar-refractivity contribution in [1.82, 2.24) is 19.5 Å². The first-order valence-electron chi connectivity index (χ1n) is 11.0. The van der Waals surface area contributed by atoms with Crippen LogP contribution in [0.15, 0.2) is 12.1 Å². The van der Waals surface area contributed by atoms with Gasteiger partial charge in [-0.2, -0.15) is 4.37 Å². The minimum atomic E-state index is -1.38. The van der Waals surface area contributed by atoms with Crippen molar-refractivity contribution in [1.29, 1.82) is 0 Å². The maximum Gasteiger partial charge on any atom is 0.344 e.